The van der Waals surface area contributed by atoms with E-state index in [0.29, 0.717) is 25.7 Å². The van der Waals surface area contributed by atoms with Crippen LogP contribution in [0, 0.1) is 5.41 Å². The number of hydrogen-bond acceptors (Lipinski definition) is 4. The zero-order valence-corrected chi connectivity index (χ0v) is 14.8. The molecule has 1 atom stereocenters. The van der Waals surface area contributed by atoms with Crippen molar-refractivity contribution in [1.29, 1.82) is 0 Å². The van der Waals surface area contributed by atoms with Gasteiger partial charge in [0.25, 0.3) is 0 Å². The first kappa shape index (κ1) is 20.7. The van der Waals surface area contributed by atoms with Gasteiger partial charge in [-0.2, -0.15) is 0 Å². The van der Waals surface area contributed by atoms with Crippen LogP contribution in [0.15, 0.2) is 4.99 Å². The number of methoxy groups -OCH3 is 2. The molecule has 0 aromatic carbocycles. The van der Waals surface area contributed by atoms with Crippen LogP contribution in [0.3, 0.4) is 0 Å². The molecular weight excluding hydrogens is 284 g/mol. The molecule has 0 aromatic heterocycles. The van der Waals surface area contributed by atoms with E-state index >= 15 is 0 Å². The Morgan fingerprint density at radius 1 is 1.18 bits per heavy atom. The minimum atomic E-state index is -0.131. The number of hydrogen-bond donors (Lipinski definition) is 3. The Morgan fingerprint density at radius 2 is 1.86 bits per heavy atom. The molecule has 0 bridgehead atoms. The molecular formula is C15H32N4O3. The third-order valence-corrected chi connectivity index (χ3v) is 3.06. The summed E-state index contributed by atoms with van der Waals surface area (Å²) in [4.78, 5) is 15.9. The molecule has 0 fully saturated rings. The predicted molar refractivity (Wildman–Crippen MR) is 89.1 cm³/mol. The maximum Gasteiger partial charge on any atom is 0.241 e. The maximum absolute atomic E-state index is 11.6. The number of ether oxygens (including phenoxy) is 2. The lowest BCUT2D eigenvalue weighted by molar-refractivity contribution is -0.119. The molecule has 0 radical (unpaired) electrons. The Hall–Kier alpha value is -1.34. The highest BCUT2D eigenvalue weighted by atomic mass is 16.5. The van der Waals surface area contributed by atoms with Gasteiger partial charge in [0, 0.05) is 33.9 Å². The summed E-state index contributed by atoms with van der Waals surface area (Å²) in [5.74, 6) is 0.476. The van der Waals surface area contributed by atoms with Gasteiger partial charge in [-0.3, -0.25) is 4.79 Å². The van der Waals surface area contributed by atoms with E-state index in [2.05, 4.69) is 41.7 Å². The van der Waals surface area contributed by atoms with E-state index in [9.17, 15) is 4.79 Å². The molecule has 0 heterocycles. The summed E-state index contributed by atoms with van der Waals surface area (Å²) in [7, 11) is 3.30. The van der Waals surface area contributed by atoms with E-state index in [0.717, 1.165) is 6.54 Å². The fourth-order valence-corrected chi connectivity index (χ4v) is 1.77. The van der Waals surface area contributed by atoms with Crippen LogP contribution in [0.4, 0.5) is 0 Å². The SMILES string of the molecule is CCNC(=NCC(=O)NCCOC)NCC(OC)C(C)(C)C. The molecule has 0 aliphatic rings. The summed E-state index contributed by atoms with van der Waals surface area (Å²) >= 11 is 0. The third kappa shape index (κ3) is 9.57. The van der Waals surface area contributed by atoms with E-state index in [4.69, 9.17) is 9.47 Å². The van der Waals surface area contributed by atoms with Gasteiger partial charge >= 0.3 is 0 Å². The van der Waals surface area contributed by atoms with Crippen LogP contribution in [0.1, 0.15) is 27.7 Å². The normalized spacial score (nSPS) is 13.6. The highest BCUT2D eigenvalue weighted by Crippen LogP contribution is 2.20. The number of rotatable bonds is 9. The molecule has 0 spiro atoms. The second kappa shape index (κ2) is 11.3. The first-order valence-corrected chi connectivity index (χ1v) is 7.65. The van der Waals surface area contributed by atoms with Crippen molar-refractivity contribution >= 4 is 11.9 Å². The molecule has 0 saturated carbocycles. The lowest BCUT2D eigenvalue weighted by atomic mass is 9.89. The van der Waals surface area contributed by atoms with Gasteiger partial charge in [0.1, 0.15) is 6.54 Å². The number of carbonyl (C=O) groups excluding carboxylic acids is 1. The fourth-order valence-electron chi connectivity index (χ4n) is 1.77. The molecule has 7 heteroatoms. The second-order valence-electron chi connectivity index (χ2n) is 6.01. The van der Waals surface area contributed by atoms with E-state index in [1.807, 2.05) is 6.92 Å². The molecule has 0 aliphatic heterocycles. The van der Waals surface area contributed by atoms with Gasteiger partial charge in [-0.15, -0.1) is 0 Å². The average molecular weight is 316 g/mol. The number of guanidine groups is 1. The third-order valence-electron chi connectivity index (χ3n) is 3.06. The Bertz CT molecular complexity index is 340. The average Bonchev–Trinajstić information content (AvgIpc) is 2.44. The largest absolute Gasteiger partial charge is 0.383 e. The van der Waals surface area contributed by atoms with Gasteiger partial charge < -0.3 is 25.4 Å². The van der Waals surface area contributed by atoms with Crippen LogP contribution in [0.2, 0.25) is 0 Å². The summed E-state index contributed by atoms with van der Waals surface area (Å²) in [6.07, 6.45) is 0.0480. The highest BCUT2D eigenvalue weighted by molar-refractivity contribution is 5.84. The zero-order chi connectivity index (χ0) is 17.0. The topological polar surface area (TPSA) is 84.0 Å². The van der Waals surface area contributed by atoms with E-state index < -0.39 is 0 Å². The van der Waals surface area contributed by atoms with Gasteiger partial charge in [0.05, 0.1) is 12.7 Å². The lowest BCUT2D eigenvalue weighted by Crippen LogP contribution is -2.45. The standard InChI is InChI=1S/C15H32N4O3/c1-7-16-14(18-10-12(22-6)15(2,3)4)19-11-13(20)17-8-9-21-5/h12H,7-11H2,1-6H3,(H,17,20)(H2,16,18,19). The van der Waals surface area contributed by atoms with Gasteiger partial charge in [-0.25, -0.2) is 4.99 Å². The van der Waals surface area contributed by atoms with E-state index in [1.165, 1.54) is 0 Å². The van der Waals surface area contributed by atoms with Gasteiger partial charge in [-0.05, 0) is 12.3 Å². The molecule has 1 unspecified atom stereocenters. The predicted octanol–water partition coefficient (Wildman–Crippen LogP) is 0.365. The van der Waals surface area contributed by atoms with Crippen molar-refractivity contribution in [3.05, 3.63) is 0 Å². The van der Waals surface area contributed by atoms with Gasteiger partial charge in [0.2, 0.25) is 5.91 Å². The van der Waals surface area contributed by atoms with Crippen LogP contribution >= 0.6 is 0 Å². The van der Waals surface area contributed by atoms with Crippen molar-refractivity contribution < 1.29 is 14.3 Å². The van der Waals surface area contributed by atoms with Crippen LogP contribution in [0.25, 0.3) is 0 Å². The Balaban J connectivity index is 4.39. The minimum absolute atomic E-state index is 0.0244. The monoisotopic (exact) mass is 316 g/mol. The van der Waals surface area contributed by atoms with Gasteiger partial charge in [0.15, 0.2) is 5.96 Å². The highest BCUT2D eigenvalue weighted by Gasteiger charge is 2.24. The number of aliphatic imine (C=N–C) groups is 1. The smallest absolute Gasteiger partial charge is 0.241 e. The summed E-state index contributed by atoms with van der Waals surface area (Å²) in [6.45, 7) is 10.8. The van der Waals surface area contributed by atoms with E-state index in [-0.39, 0.29) is 24.0 Å². The number of nitrogens with one attached hydrogen (secondary N) is 3. The van der Waals surface area contributed by atoms with E-state index in [1.54, 1.807) is 14.2 Å². The summed E-state index contributed by atoms with van der Waals surface area (Å²) in [5, 5.41) is 9.05. The zero-order valence-electron chi connectivity index (χ0n) is 14.8. The van der Waals surface area contributed by atoms with Crippen molar-refractivity contribution in [2.75, 3.05) is 47.0 Å². The Labute approximate surface area is 134 Å². The molecule has 0 saturated heterocycles. The quantitative estimate of drug-likeness (QED) is 0.325. The van der Waals surface area contributed by atoms with Gasteiger partial charge in [-0.1, -0.05) is 20.8 Å². The van der Waals surface area contributed by atoms with Crippen LogP contribution < -0.4 is 16.0 Å². The summed E-state index contributed by atoms with van der Waals surface area (Å²) in [6, 6.07) is 0. The number of nitrogens with zero attached hydrogens (tertiary/aromatic N) is 1. The van der Waals surface area contributed by atoms with Crippen molar-refractivity contribution in [2.45, 2.75) is 33.8 Å². The van der Waals surface area contributed by atoms with Crippen LogP contribution in [-0.2, 0) is 14.3 Å². The molecule has 22 heavy (non-hydrogen) atoms. The molecule has 1 amide bonds. The fraction of sp³-hybridized carbons (Fsp3) is 0.867. The van der Waals surface area contributed by atoms with Crippen LogP contribution in [-0.4, -0.2) is 65.0 Å². The van der Waals surface area contributed by atoms with Crippen molar-refractivity contribution in [3.8, 4) is 0 Å². The first-order valence-electron chi connectivity index (χ1n) is 7.65. The number of amides is 1. The lowest BCUT2D eigenvalue weighted by Gasteiger charge is -2.30. The molecule has 0 aromatic rings. The Morgan fingerprint density at radius 3 is 2.36 bits per heavy atom. The summed E-state index contributed by atoms with van der Waals surface area (Å²) < 4.78 is 10.4. The minimum Gasteiger partial charge on any atom is -0.383 e. The molecule has 130 valence electrons. The second-order valence-corrected chi connectivity index (χ2v) is 6.01. The first-order chi connectivity index (χ1) is 10.3. The maximum atomic E-state index is 11.6. The molecule has 3 N–H and O–H groups in total. The number of carbonyl (C=O) groups is 1. The van der Waals surface area contributed by atoms with Crippen LogP contribution in [0.5, 0.6) is 0 Å². The molecule has 0 rings (SSSR count). The molecule has 0 aliphatic carbocycles. The van der Waals surface area contributed by atoms with Crippen molar-refractivity contribution in [1.82, 2.24) is 16.0 Å². The molecule has 7 nitrogen and oxygen atoms in total. The Kier molecular flexibility index (Phi) is 10.6. The summed E-state index contributed by atoms with van der Waals surface area (Å²) in [5.41, 5.74) is 0.0244. The van der Waals surface area contributed by atoms with Crippen molar-refractivity contribution in [2.24, 2.45) is 10.4 Å². The van der Waals surface area contributed by atoms with Crippen molar-refractivity contribution in [3.63, 3.8) is 0 Å².